The molecule has 0 aliphatic carbocycles. The number of imidazole rings is 1. The summed E-state index contributed by atoms with van der Waals surface area (Å²) in [5.41, 5.74) is 8.70. The first kappa shape index (κ1) is 20.7. The van der Waals surface area contributed by atoms with Crippen LogP contribution in [0.2, 0.25) is 0 Å². The van der Waals surface area contributed by atoms with Crippen molar-refractivity contribution >= 4 is 33.0 Å². The monoisotopic (exact) mass is 418 g/mol. The number of sulfonamides is 1. The zero-order valence-corrected chi connectivity index (χ0v) is 16.9. The molecule has 0 atom stereocenters. The van der Waals surface area contributed by atoms with E-state index in [0.29, 0.717) is 29.9 Å². The number of carbonyl (C=O) groups is 1. The molecule has 29 heavy (non-hydrogen) atoms. The number of nitrogens with zero attached hydrogens (tertiary/aromatic N) is 4. The van der Waals surface area contributed by atoms with Gasteiger partial charge in [0, 0.05) is 6.54 Å². The van der Waals surface area contributed by atoms with Crippen molar-refractivity contribution in [1.82, 2.24) is 24.2 Å². The maximum atomic E-state index is 12.3. The van der Waals surface area contributed by atoms with E-state index in [0.717, 1.165) is 11.1 Å². The number of hydrogen-bond donors (Lipinski definition) is 2. The first-order valence-corrected chi connectivity index (χ1v) is 10.4. The van der Waals surface area contributed by atoms with E-state index >= 15 is 0 Å². The summed E-state index contributed by atoms with van der Waals surface area (Å²) in [6.45, 7) is 3.92. The average molecular weight is 418 g/mol. The van der Waals surface area contributed by atoms with Gasteiger partial charge in [-0.2, -0.15) is 4.72 Å². The molecule has 0 aliphatic rings. The first-order valence-electron chi connectivity index (χ1n) is 8.92. The Morgan fingerprint density at radius 3 is 2.76 bits per heavy atom. The van der Waals surface area contributed by atoms with Gasteiger partial charge in [-0.3, -0.25) is 4.79 Å². The van der Waals surface area contributed by atoms with E-state index in [4.69, 9.17) is 10.5 Å². The Kier molecular flexibility index (Phi) is 6.09. The number of ether oxygens (including phenoxy) is 1. The van der Waals surface area contributed by atoms with E-state index in [2.05, 4.69) is 19.7 Å². The van der Waals surface area contributed by atoms with Gasteiger partial charge < -0.3 is 15.0 Å². The van der Waals surface area contributed by atoms with Gasteiger partial charge >= 0.3 is 5.97 Å². The average Bonchev–Trinajstić information content (AvgIpc) is 3.10. The van der Waals surface area contributed by atoms with Gasteiger partial charge in [-0.05, 0) is 43.5 Å². The van der Waals surface area contributed by atoms with Gasteiger partial charge in [0.15, 0.2) is 11.5 Å². The minimum Gasteiger partial charge on any atom is -0.465 e. The van der Waals surface area contributed by atoms with Gasteiger partial charge in [-0.1, -0.05) is 6.07 Å². The molecule has 0 spiro atoms. The fraction of sp³-hybridized carbons (Fsp3) is 0.333. The van der Waals surface area contributed by atoms with Crippen LogP contribution in [0.5, 0.6) is 0 Å². The third kappa shape index (κ3) is 4.87. The molecular weight excluding hydrogens is 396 g/mol. The summed E-state index contributed by atoms with van der Waals surface area (Å²) in [6.07, 6.45) is 3.46. The van der Waals surface area contributed by atoms with Crippen molar-refractivity contribution in [3.05, 3.63) is 42.0 Å². The molecule has 0 fully saturated rings. The Hall–Kier alpha value is -3.05. The lowest BCUT2D eigenvalue weighted by atomic mass is 10.1. The second-order valence-corrected chi connectivity index (χ2v) is 8.28. The minimum atomic E-state index is -3.78. The van der Waals surface area contributed by atoms with Crippen molar-refractivity contribution < 1.29 is 17.9 Å². The zero-order valence-electron chi connectivity index (χ0n) is 16.1. The van der Waals surface area contributed by atoms with Crippen LogP contribution in [0.25, 0.3) is 11.2 Å². The van der Waals surface area contributed by atoms with E-state index in [-0.39, 0.29) is 11.5 Å². The number of aryl methyl sites for hydroxylation is 3. The van der Waals surface area contributed by atoms with Crippen LogP contribution in [-0.4, -0.2) is 47.1 Å². The lowest BCUT2D eigenvalue weighted by molar-refractivity contribution is -0.142. The summed E-state index contributed by atoms with van der Waals surface area (Å²) < 4.78 is 33.7. The van der Waals surface area contributed by atoms with Crippen molar-refractivity contribution in [2.75, 3.05) is 18.9 Å². The Labute approximate surface area is 168 Å². The number of nitrogen functional groups attached to an aromatic ring is 1. The smallest absolute Gasteiger partial charge is 0.321 e. The highest BCUT2D eigenvalue weighted by molar-refractivity contribution is 7.89. The molecule has 1 aromatic carbocycles. The number of nitrogens with two attached hydrogens (primary N) is 1. The number of fused-ring (bicyclic) bond motifs is 1. The number of anilines is 1. The highest BCUT2D eigenvalue weighted by Crippen LogP contribution is 2.15. The van der Waals surface area contributed by atoms with Crippen molar-refractivity contribution in [2.24, 2.45) is 0 Å². The number of hydrogen-bond acceptors (Lipinski definition) is 8. The van der Waals surface area contributed by atoms with E-state index < -0.39 is 22.5 Å². The molecule has 0 bridgehead atoms. The molecule has 0 aliphatic heterocycles. The largest absolute Gasteiger partial charge is 0.465 e. The molecular formula is C18H22N6O4S. The predicted octanol–water partition coefficient (Wildman–Crippen LogP) is 0.937. The second-order valence-electron chi connectivity index (χ2n) is 6.51. The van der Waals surface area contributed by atoms with Gasteiger partial charge in [0.05, 0.1) is 17.8 Å². The Morgan fingerprint density at radius 1 is 1.21 bits per heavy atom. The SMILES string of the molecule is Cc1ccc(S(=O)(=O)NCC(=O)OCCCn2cnc3c(N)ncnc32)cc1C. The number of aromatic nitrogens is 4. The summed E-state index contributed by atoms with van der Waals surface area (Å²) in [7, 11) is -3.78. The summed E-state index contributed by atoms with van der Waals surface area (Å²) in [5, 5.41) is 0. The molecule has 2 aromatic heterocycles. The fourth-order valence-electron chi connectivity index (χ4n) is 2.65. The van der Waals surface area contributed by atoms with E-state index in [9.17, 15) is 13.2 Å². The zero-order chi connectivity index (χ0) is 21.0. The molecule has 3 aromatic rings. The molecule has 0 unspecified atom stereocenters. The second kappa shape index (κ2) is 8.53. The number of nitrogens with one attached hydrogen (secondary N) is 1. The molecule has 154 valence electrons. The van der Waals surface area contributed by atoms with Crippen LogP contribution in [0, 0.1) is 13.8 Å². The highest BCUT2D eigenvalue weighted by atomic mass is 32.2. The van der Waals surface area contributed by atoms with Crippen LogP contribution < -0.4 is 10.5 Å². The Morgan fingerprint density at radius 2 is 2.00 bits per heavy atom. The van der Waals surface area contributed by atoms with Gasteiger partial charge in [-0.25, -0.2) is 23.4 Å². The highest BCUT2D eigenvalue weighted by Gasteiger charge is 2.16. The molecule has 0 saturated heterocycles. The van der Waals surface area contributed by atoms with E-state index in [1.807, 2.05) is 13.8 Å². The Balaban J connectivity index is 1.46. The van der Waals surface area contributed by atoms with Gasteiger partial charge in [-0.15, -0.1) is 0 Å². The van der Waals surface area contributed by atoms with Crippen molar-refractivity contribution in [3.8, 4) is 0 Å². The molecule has 3 rings (SSSR count). The number of esters is 1. The van der Waals surface area contributed by atoms with Gasteiger partial charge in [0.1, 0.15) is 18.4 Å². The predicted molar refractivity (Wildman–Crippen MR) is 106 cm³/mol. The third-order valence-corrected chi connectivity index (χ3v) is 5.83. The van der Waals surface area contributed by atoms with E-state index in [1.54, 1.807) is 23.0 Å². The maximum Gasteiger partial charge on any atom is 0.321 e. The summed E-state index contributed by atoms with van der Waals surface area (Å²) in [5.74, 6) is -0.351. The fourth-order valence-corrected chi connectivity index (χ4v) is 3.71. The number of carbonyl (C=O) groups excluding carboxylic acids is 1. The molecule has 11 heteroatoms. The van der Waals surface area contributed by atoms with Crippen LogP contribution in [-0.2, 0) is 26.1 Å². The van der Waals surface area contributed by atoms with Crippen molar-refractivity contribution in [1.29, 1.82) is 0 Å². The molecule has 0 amide bonds. The summed E-state index contributed by atoms with van der Waals surface area (Å²) >= 11 is 0. The van der Waals surface area contributed by atoms with Crippen LogP contribution in [0.15, 0.2) is 35.7 Å². The number of benzene rings is 1. The van der Waals surface area contributed by atoms with Gasteiger partial charge in [0.2, 0.25) is 10.0 Å². The third-order valence-electron chi connectivity index (χ3n) is 4.43. The normalized spacial score (nSPS) is 11.7. The summed E-state index contributed by atoms with van der Waals surface area (Å²) in [4.78, 5) is 24.1. The number of rotatable bonds is 8. The maximum absolute atomic E-state index is 12.3. The lowest BCUT2D eigenvalue weighted by Crippen LogP contribution is -2.31. The van der Waals surface area contributed by atoms with Crippen LogP contribution >= 0.6 is 0 Å². The Bertz CT molecular complexity index is 1140. The minimum absolute atomic E-state index is 0.113. The van der Waals surface area contributed by atoms with Crippen LogP contribution in [0.3, 0.4) is 0 Å². The van der Waals surface area contributed by atoms with Gasteiger partial charge in [0.25, 0.3) is 0 Å². The topological polar surface area (TPSA) is 142 Å². The first-order chi connectivity index (χ1) is 13.8. The van der Waals surface area contributed by atoms with Crippen molar-refractivity contribution in [2.45, 2.75) is 31.7 Å². The quantitative estimate of drug-likeness (QED) is 0.406. The lowest BCUT2D eigenvalue weighted by Gasteiger charge is -2.09. The summed E-state index contributed by atoms with van der Waals surface area (Å²) in [6, 6.07) is 4.79. The molecule has 2 heterocycles. The van der Waals surface area contributed by atoms with Crippen molar-refractivity contribution in [3.63, 3.8) is 0 Å². The van der Waals surface area contributed by atoms with Crippen LogP contribution in [0.4, 0.5) is 5.82 Å². The molecule has 3 N–H and O–H groups in total. The van der Waals surface area contributed by atoms with Crippen LogP contribution in [0.1, 0.15) is 17.5 Å². The molecule has 0 radical (unpaired) electrons. The van der Waals surface area contributed by atoms with E-state index in [1.165, 1.54) is 12.4 Å². The molecule has 0 saturated carbocycles. The standard InChI is InChI=1S/C18H22N6O4S/c1-12-4-5-14(8-13(12)2)29(26,27)23-9-15(25)28-7-3-6-24-11-22-16-17(19)20-10-21-18(16)24/h4-5,8,10-11,23H,3,6-7,9H2,1-2H3,(H2,19,20,21). The molecule has 10 nitrogen and oxygen atoms in total.